The van der Waals surface area contributed by atoms with Crippen LogP contribution in [0.5, 0.6) is 0 Å². The zero-order chi connectivity index (χ0) is 8.97. The molecule has 0 N–H and O–H groups in total. The Morgan fingerprint density at radius 3 is 2.25 bits per heavy atom. The summed E-state index contributed by atoms with van der Waals surface area (Å²) in [6.45, 7) is 0. The van der Waals surface area contributed by atoms with Crippen molar-refractivity contribution in [3.8, 4) is 0 Å². The molecule has 1 rings (SSSR count). The second-order valence-electron chi connectivity index (χ2n) is 2.53. The molecule has 0 aliphatic heterocycles. The minimum absolute atomic E-state index is 0.457. The highest BCUT2D eigenvalue weighted by atomic mass is 79.9. The molecular formula is C9H9Br2Cl. The Bertz CT molecular complexity index is 246. The Hall–Kier alpha value is 0.470. The molecule has 0 atom stereocenters. The average Bonchev–Trinajstić information content (AvgIpc) is 2.10. The number of rotatable bonds is 3. The molecule has 1 aromatic rings. The van der Waals surface area contributed by atoms with Crippen molar-refractivity contribution in [2.75, 3.05) is 10.7 Å². The first-order chi connectivity index (χ1) is 5.79. The fourth-order valence-electron chi connectivity index (χ4n) is 1.01. The zero-order valence-corrected chi connectivity index (χ0v) is 10.4. The lowest BCUT2D eigenvalue weighted by Gasteiger charge is -2.11. The summed E-state index contributed by atoms with van der Waals surface area (Å²) >= 11 is 13.0. The van der Waals surface area contributed by atoms with Crippen LogP contribution in [0.1, 0.15) is 11.5 Å². The molecular weight excluding hydrogens is 303 g/mol. The van der Waals surface area contributed by atoms with E-state index in [-0.39, 0.29) is 0 Å². The van der Waals surface area contributed by atoms with Gasteiger partial charge in [-0.2, -0.15) is 0 Å². The van der Waals surface area contributed by atoms with E-state index in [2.05, 4.69) is 37.9 Å². The molecule has 12 heavy (non-hydrogen) atoms. The van der Waals surface area contributed by atoms with Crippen molar-refractivity contribution >= 4 is 43.5 Å². The van der Waals surface area contributed by atoms with Crippen LogP contribution in [0.15, 0.2) is 24.3 Å². The third-order valence-electron chi connectivity index (χ3n) is 1.72. The molecule has 0 aliphatic rings. The van der Waals surface area contributed by atoms with E-state index in [1.807, 2.05) is 18.2 Å². The van der Waals surface area contributed by atoms with Crippen LogP contribution in [-0.4, -0.2) is 10.7 Å². The van der Waals surface area contributed by atoms with Crippen LogP contribution in [-0.2, 0) is 0 Å². The number of benzene rings is 1. The van der Waals surface area contributed by atoms with Gasteiger partial charge in [-0.25, -0.2) is 0 Å². The van der Waals surface area contributed by atoms with Gasteiger partial charge < -0.3 is 0 Å². The third kappa shape index (κ3) is 2.48. The van der Waals surface area contributed by atoms with Crippen molar-refractivity contribution < 1.29 is 0 Å². The van der Waals surface area contributed by atoms with Crippen molar-refractivity contribution in [1.82, 2.24) is 0 Å². The van der Waals surface area contributed by atoms with Gasteiger partial charge in [0.1, 0.15) is 0 Å². The molecule has 0 heterocycles. The summed E-state index contributed by atoms with van der Waals surface area (Å²) in [5, 5.41) is 2.71. The summed E-state index contributed by atoms with van der Waals surface area (Å²) in [6, 6.07) is 7.95. The Labute approximate surface area is 94.6 Å². The van der Waals surface area contributed by atoms with E-state index in [9.17, 15) is 0 Å². The summed E-state index contributed by atoms with van der Waals surface area (Å²) < 4.78 is 0. The molecule has 0 radical (unpaired) electrons. The van der Waals surface area contributed by atoms with Gasteiger partial charge in [-0.05, 0) is 11.6 Å². The molecule has 0 saturated carbocycles. The van der Waals surface area contributed by atoms with E-state index in [1.165, 1.54) is 5.56 Å². The Kier molecular flexibility index (Phi) is 4.62. The molecule has 0 bridgehead atoms. The van der Waals surface area contributed by atoms with Crippen LogP contribution in [0.2, 0.25) is 5.02 Å². The summed E-state index contributed by atoms with van der Waals surface area (Å²) in [6.07, 6.45) is 0. The van der Waals surface area contributed by atoms with Crippen LogP contribution in [0.3, 0.4) is 0 Å². The van der Waals surface area contributed by atoms with Crippen LogP contribution in [0.25, 0.3) is 0 Å². The maximum atomic E-state index is 6.03. The molecule has 0 aromatic heterocycles. The lowest BCUT2D eigenvalue weighted by Crippen LogP contribution is -2.01. The largest absolute Gasteiger partial charge is 0.0921 e. The molecule has 0 spiro atoms. The van der Waals surface area contributed by atoms with E-state index in [0.29, 0.717) is 5.92 Å². The van der Waals surface area contributed by atoms with Gasteiger partial charge in [-0.1, -0.05) is 61.7 Å². The second kappa shape index (κ2) is 5.25. The standard InChI is InChI=1S/C9H9Br2Cl/c10-5-7(6-11)8-3-1-2-4-9(8)12/h1-4,7H,5-6H2. The van der Waals surface area contributed by atoms with Crippen LogP contribution in [0, 0.1) is 0 Å². The van der Waals surface area contributed by atoms with Gasteiger partial charge in [0.25, 0.3) is 0 Å². The number of alkyl halides is 2. The van der Waals surface area contributed by atoms with Crippen molar-refractivity contribution in [2.45, 2.75) is 5.92 Å². The maximum absolute atomic E-state index is 6.03. The number of halogens is 3. The van der Waals surface area contributed by atoms with Crippen molar-refractivity contribution in [3.05, 3.63) is 34.9 Å². The fourth-order valence-corrected chi connectivity index (χ4v) is 3.07. The smallest absolute Gasteiger partial charge is 0.0441 e. The lowest BCUT2D eigenvalue weighted by molar-refractivity contribution is 0.910. The quantitative estimate of drug-likeness (QED) is 0.733. The molecule has 0 fully saturated rings. The number of hydrogen-bond donors (Lipinski definition) is 0. The van der Waals surface area contributed by atoms with Gasteiger partial charge in [0.15, 0.2) is 0 Å². The van der Waals surface area contributed by atoms with Gasteiger partial charge in [0.05, 0.1) is 0 Å². The summed E-state index contributed by atoms with van der Waals surface area (Å²) in [4.78, 5) is 0. The van der Waals surface area contributed by atoms with Crippen LogP contribution >= 0.6 is 43.5 Å². The molecule has 66 valence electrons. The van der Waals surface area contributed by atoms with Gasteiger partial charge in [-0.3, -0.25) is 0 Å². The van der Waals surface area contributed by atoms with Crippen molar-refractivity contribution in [3.63, 3.8) is 0 Å². The highest BCUT2D eigenvalue weighted by Gasteiger charge is 2.10. The molecule has 3 heteroatoms. The summed E-state index contributed by atoms with van der Waals surface area (Å²) in [5.74, 6) is 0.457. The van der Waals surface area contributed by atoms with Crippen LogP contribution in [0.4, 0.5) is 0 Å². The third-order valence-corrected chi connectivity index (χ3v) is 3.62. The van der Waals surface area contributed by atoms with Gasteiger partial charge >= 0.3 is 0 Å². The minimum atomic E-state index is 0.457. The topological polar surface area (TPSA) is 0 Å². The normalized spacial score (nSPS) is 10.7. The zero-order valence-electron chi connectivity index (χ0n) is 6.43. The van der Waals surface area contributed by atoms with E-state index in [4.69, 9.17) is 11.6 Å². The Morgan fingerprint density at radius 2 is 1.75 bits per heavy atom. The lowest BCUT2D eigenvalue weighted by atomic mass is 10.0. The van der Waals surface area contributed by atoms with Gasteiger partial charge in [-0.15, -0.1) is 0 Å². The van der Waals surface area contributed by atoms with Crippen molar-refractivity contribution in [1.29, 1.82) is 0 Å². The summed E-state index contributed by atoms with van der Waals surface area (Å²) in [7, 11) is 0. The van der Waals surface area contributed by atoms with E-state index < -0.39 is 0 Å². The monoisotopic (exact) mass is 310 g/mol. The first-order valence-corrected chi connectivity index (χ1v) is 6.28. The first kappa shape index (κ1) is 10.6. The number of hydrogen-bond acceptors (Lipinski definition) is 0. The van der Waals surface area contributed by atoms with Gasteiger partial charge in [0.2, 0.25) is 0 Å². The molecule has 0 aliphatic carbocycles. The molecule has 0 amide bonds. The molecule has 1 aromatic carbocycles. The molecule has 0 saturated heterocycles. The average molecular weight is 312 g/mol. The predicted molar refractivity (Wildman–Crippen MR) is 61.8 cm³/mol. The van der Waals surface area contributed by atoms with E-state index >= 15 is 0 Å². The van der Waals surface area contributed by atoms with Crippen LogP contribution < -0.4 is 0 Å². The van der Waals surface area contributed by atoms with Gasteiger partial charge in [0, 0.05) is 21.6 Å². The Balaban J connectivity index is 2.92. The highest BCUT2D eigenvalue weighted by Crippen LogP contribution is 2.27. The van der Waals surface area contributed by atoms with E-state index in [0.717, 1.165) is 15.7 Å². The van der Waals surface area contributed by atoms with Crippen molar-refractivity contribution in [2.24, 2.45) is 0 Å². The SMILES string of the molecule is Clc1ccccc1C(CBr)CBr. The maximum Gasteiger partial charge on any atom is 0.0441 e. The Morgan fingerprint density at radius 1 is 1.17 bits per heavy atom. The first-order valence-electron chi connectivity index (χ1n) is 3.66. The second-order valence-corrected chi connectivity index (χ2v) is 4.23. The van der Waals surface area contributed by atoms with E-state index in [1.54, 1.807) is 0 Å². The highest BCUT2D eigenvalue weighted by molar-refractivity contribution is 9.09. The minimum Gasteiger partial charge on any atom is -0.0921 e. The summed E-state index contributed by atoms with van der Waals surface area (Å²) in [5.41, 5.74) is 1.20. The molecule has 0 unspecified atom stereocenters. The fraction of sp³-hybridized carbons (Fsp3) is 0.333. The molecule has 0 nitrogen and oxygen atoms in total. The predicted octanol–water partition coefficient (Wildman–Crippen LogP) is 4.21.